The quantitative estimate of drug-likeness (QED) is 0.231. The molecule has 5 heteroatoms. The fourth-order valence-corrected chi connectivity index (χ4v) is 7.09. The summed E-state index contributed by atoms with van der Waals surface area (Å²) in [6.45, 7) is 6.74. The fourth-order valence-electron chi connectivity index (χ4n) is 5.84. The third kappa shape index (κ3) is 3.23. The second-order valence-electron chi connectivity index (χ2n) is 10.5. The minimum absolute atomic E-state index is 0.507. The topological polar surface area (TPSA) is 43.9 Å². The molecule has 0 unspecified atom stereocenters. The maximum atomic E-state index is 6.33. The van der Waals surface area contributed by atoms with Crippen molar-refractivity contribution in [1.82, 2.24) is 14.5 Å². The van der Waals surface area contributed by atoms with Crippen molar-refractivity contribution in [1.29, 1.82) is 0 Å². The van der Waals surface area contributed by atoms with Crippen molar-refractivity contribution in [3.8, 4) is 17.1 Å². The van der Waals surface area contributed by atoms with Gasteiger partial charge in [0, 0.05) is 37.1 Å². The molecule has 39 heavy (non-hydrogen) atoms. The van der Waals surface area contributed by atoms with Gasteiger partial charge in [-0.05, 0) is 66.4 Å². The highest BCUT2D eigenvalue weighted by atomic mass is 32.1. The summed E-state index contributed by atoms with van der Waals surface area (Å²) in [4.78, 5) is 9.63. The molecule has 188 valence electrons. The fraction of sp³-hybridized carbons (Fsp3) is 0.118. The van der Waals surface area contributed by atoms with Crippen LogP contribution in [0.2, 0.25) is 0 Å². The molecule has 0 spiro atoms. The standard InChI is InChI=1S/C34H25N3OS/c1-19(2)21-13-14-22-24-15-16-28(20(3)32(24)39-30(22)18-21)37-29-12-5-4-11-27(29)36-33(37)26-9-6-8-23-25-10-7-17-35-34(25)38-31(23)26/h4-19H,1-3H3. The van der Waals surface area contributed by atoms with Gasteiger partial charge in [0.15, 0.2) is 0 Å². The van der Waals surface area contributed by atoms with Gasteiger partial charge in [-0.15, -0.1) is 11.3 Å². The van der Waals surface area contributed by atoms with Crippen LogP contribution >= 0.6 is 11.3 Å². The Labute approximate surface area is 229 Å². The second-order valence-corrected chi connectivity index (χ2v) is 11.6. The van der Waals surface area contributed by atoms with E-state index in [4.69, 9.17) is 9.40 Å². The van der Waals surface area contributed by atoms with E-state index in [-0.39, 0.29) is 0 Å². The second kappa shape index (κ2) is 8.26. The molecule has 8 aromatic rings. The van der Waals surface area contributed by atoms with Crippen molar-refractivity contribution in [2.24, 2.45) is 0 Å². The number of aryl methyl sites for hydroxylation is 1. The van der Waals surface area contributed by atoms with Crippen molar-refractivity contribution in [3.05, 3.63) is 102 Å². The lowest BCUT2D eigenvalue weighted by Gasteiger charge is -2.13. The van der Waals surface area contributed by atoms with Crippen LogP contribution in [-0.4, -0.2) is 14.5 Å². The lowest BCUT2D eigenvalue weighted by molar-refractivity contribution is 0.654. The summed E-state index contributed by atoms with van der Waals surface area (Å²) in [5.74, 6) is 1.37. The first-order valence-electron chi connectivity index (χ1n) is 13.3. The molecule has 0 radical (unpaired) electrons. The van der Waals surface area contributed by atoms with Crippen LogP contribution in [0.4, 0.5) is 0 Å². The Bertz CT molecular complexity index is 2230. The van der Waals surface area contributed by atoms with E-state index < -0.39 is 0 Å². The molecule has 4 heterocycles. The molecule has 0 saturated carbocycles. The molecule has 0 aliphatic heterocycles. The Morgan fingerprint density at radius 1 is 0.821 bits per heavy atom. The smallest absolute Gasteiger partial charge is 0.227 e. The molecule has 0 atom stereocenters. The zero-order valence-electron chi connectivity index (χ0n) is 21.9. The van der Waals surface area contributed by atoms with Crippen LogP contribution in [0.15, 0.2) is 95.5 Å². The highest BCUT2D eigenvalue weighted by Gasteiger charge is 2.22. The van der Waals surface area contributed by atoms with E-state index >= 15 is 0 Å². The van der Waals surface area contributed by atoms with Crippen molar-refractivity contribution in [2.75, 3.05) is 0 Å². The molecular weight excluding hydrogens is 498 g/mol. The summed E-state index contributed by atoms with van der Waals surface area (Å²) in [6.07, 6.45) is 1.77. The molecule has 0 fully saturated rings. The number of thiophene rings is 1. The number of hydrogen-bond donors (Lipinski definition) is 0. The molecule has 0 bridgehead atoms. The summed E-state index contributed by atoms with van der Waals surface area (Å²) in [5, 5.41) is 4.69. The minimum Gasteiger partial charge on any atom is -0.437 e. The number of nitrogens with zero attached hydrogens (tertiary/aromatic N) is 3. The van der Waals surface area contributed by atoms with E-state index in [0.717, 1.165) is 44.5 Å². The number of furan rings is 1. The molecule has 4 aromatic heterocycles. The average molecular weight is 524 g/mol. The van der Waals surface area contributed by atoms with Crippen LogP contribution in [0, 0.1) is 6.92 Å². The van der Waals surface area contributed by atoms with Crippen molar-refractivity contribution >= 4 is 64.6 Å². The van der Waals surface area contributed by atoms with Crippen molar-refractivity contribution in [3.63, 3.8) is 0 Å². The van der Waals surface area contributed by atoms with Gasteiger partial charge >= 0.3 is 0 Å². The van der Waals surface area contributed by atoms with Gasteiger partial charge in [-0.3, -0.25) is 4.57 Å². The zero-order valence-corrected chi connectivity index (χ0v) is 22.7. The number of imidazole rings is 1. The molecule has 4 aromatic carbocycles. The van der Waals surface area contributed by atoms with Crippen LogP contribution < -0.4 is 0 Å². The van der Waals surface area contributed by atoms with Gasteiger partial charge in [0.05, 0.1) is 22.3 Å². The van der Waals surface area contributed by atoms with E-state index in [1.807, 2.05) is 23.5 Å². The van der Waals surface area contributed by atoms with E-state index in [2.05, 4.69) is 103 Å². The zero-order chi connectivity index (χ0) is 26.2. The highest BCUT2D eigenvalue weighted by molar-refractivity contribution is 7.26. The number of para-hydroxylation sites is 3. The summed E-state index contributed by atoms with van der Waals surface area (Å²) in [7, 11) is 0. The molecule has 8 rings (SSSR count). The van der Waals surface area contributed by atoms with Crippen molar-refractivity contribution < 1.29 is 4.42 Å². The molecule has 4 nitrogen and oxygen atoms in total. The van der Waals surface area contributed by atoms with Gasteiger partial charge < -0.3 is 4.42 Å². The SMILES string of the molecule is Cc1c(-n2c(-c3cccc4c3oc3ncccc34)nc3ccccc32)ccc2c1sc1cc(C(C)C)ccc12. The first kappa shape index (κ1) is 22.5. The van der Waals surface area contributed by atoms with Gasteiger partial charge in [-0.2, -0.15) is 0 Å². The van der Waals surface area contributed by atoms with Gasteiger partial charge in [0.1, 0.15) is 11.4 Å². The molecule has 0 N–H and O–H groups in total. The van der Waals surface area contributed by atoms with Crippen LogP contribution in [0.3, 0.4) is 0 Å². The number of hydrogen-bond acceptors (Lipinski definition) is 4. The Morgan fingerprint density at radius 2 is 1.67 bits per heavy atom. The van der Waals surface area contributed by atoms with Crippen LogP contribution in [0.25, 0.3) is 70.3 Å². The third-order valence-electron chi connectivity index (χ3n) is 7.87. The molecule has 0 amide bonds. The number of aromatic nitrogens is 3. The third-order valence-corrected chi connectivity index (χ3v) is 9.16. The highest BCUT2D eigenvalue weighted by Crippen LogP contribution is 2.42. The normalized spacial score (nSPS) is 12.2. The Morgan fingerprint density at radius 3 is 2.56 bits per heavy atom. The Kier molecular flexibility index (Phi) is 4.76. The van der Waals surface area contributed by atoms with Gasteiger partial charge in [-0.1, -0.05) is 56.3 Å². The minimum atomic E-state index is 0.507. The summed E-state index contributed by atoms with van der Waals surface area (Å²) < 4.78 is 11.3. The first-order chi connectivity index (χ1) is 19.1. The molecule has 0 saturated heterocycles. The Balaban J connectivity index is 1.43. The van der Waals surface area contributed by atoms with E-state index in [1.54, 1.807) is 6.20 Å². The van der Waals surface area contributed by atoms with Crippen LogP contribution in [-0.2, 0) is 0 Å². The first-order valence-corrected chi connectivity index (χ1v) is 14.1. The van der Waals surface area contributed by atoms with E-state index in [0.29, 0.717) is 11.6 Å². The number of rotatable bonds is 3. The van der Waals surface area contributed by atoms with Gasteiger partial charge in [0.25, 0.3) is 0 Å². The maximum absolute atomic E-state index is 6.33. The lowest BCUT2D eigenvalue weighted by atomic mass is 10.0. The molecular formula is C34H25N3OS. The maximum Gasteiger partial charge on any atom is 0.227 e. The molecule has 0 aliphatic rings. The number of pyridine rings is 1. The predicted molar refractivity (Wildman–Crippen MR) is 163 cm³/mol. The number of benzene rings is 4. The van der Waals surface area contributed by atoms with Crippen molar-refractivity contribution in [2.45, 2.75) is 26.7 Å². The lowest BCUT2D eigenvalue weighted by Crippen LogP contribution is -2.00. The average Bonchev–Trinajstić information content (AvgIpc) is 3.64. The molecule has 0 aliphatic carbocycles. The van der Waals surface area contributed by atoms with E-state index in [9.17, 15) is 0 Å². The van der Waals surface area contributed by atoms with Crippen LogP contribution in [0.1, 0.15) is 30.9 Å². The van der Waals surface area contributed by atoms with Gasteiger partial charge in [-0.25, -0.2) is 9.97 Å². The van der Waals surface area contributed by atoms with E-state index in [1.165, 1.54) is 31.3 Å². The van der Waals surface area contributed by atoms with Crippen LogP contribution in [0.5, 0.6) is 0 Å². The summed E-state index contributed by atoms with van der Waals surface area (Å²) in [6, 6.07) is 30.1. The summed E-state index contributed by atoms with van der Waals surface area (Å²) >= 11 is 1.88. The number of fused-ring (bicyclic) bond motifs is 7. The van der Waals surface area contributed by atoms with Gasteiger partial charge in [0.2, 0.25) is 5.71 Å². The monoisotopic (exact) mass is 523 g/mol. The summed E-state index contributed by atoms with van der Waals surface area (Å²) in [5.41, 5.74) is 8.20. The Hall–Kier alpha value is -4.48. The largest absolute Gasteiger partial charge is 0.437 e. The predicted octanol–water partition coefficient (Wildman–Crippen LogP) is 9.79.